The summed E-state index contributed by atoms with van der Waals surface area (Å²) in [6, 6.07) is 47.9. The maximum Gasteiger partial charge on any atom is 0.346 e. The minimum Gasteiger partial charge on any atom is -0.477 e. The van der Waals surface area contributed by atoms with E-state index in [9.17, 15) is 9.90 Å². The van der Waals surface area contributed by atoms with Crippen LogP contribution in [0.1, 0.15) is 132 Å². The van der Waals surface area contributed by atoms with Crippen molar-refractivity contribution in [3.05, 3.63) is 166 Å². The largest absolute Gasteiger partial charge is 0.477 e. The van der Waals surface area contributed by atoms with Crippen LogP contribution in [0, 0.1) is 11.3 Å². The molecule has 6 aromatic rings. The maximum atomic E-state index is 11.3. The molecule has 0 fully saturated rings. The average molecular weight is 849 g/mol. The van der Waals surface area contributed by atoms with Crippen LogP contribution in [0.2, 0.25) is 0 Å². The molecule has 0 saturated carbocycles. The lowest BCUT2D eigenvalue weighted by atomic mass is 9.70. The number of hydrogen-bond donors (Lipinski definition) is 1. The Bertz CT molecular complexity index is 2560. The van der Waals surface area contributed by atoms with E-state index in [1.54, 1.807) is 23.5 Å². The van der Waals surface area contributed by atoms with Crippen LogP contribution in [0.5, 0.6) is 0 Å². The molecule has 0 radical (unpaired) electrons. The van der Waals surface area contributed by atoms with Crippen LogP contribution in [0.25, 0.3) is 38.8 Å². The first-order chi connectivity index (χ1) is 30.8. The smallest absolute Gasteiger partial charge is 0.346 e. The van der Waals surface area contributed by atoms with Gasteiger partial charge in [0.25, 0.3) is 0 Å². The van der Waals surface area contributed by atoms with Crippen LogP contribution >= 0.6 is 11.3 Å². The fourth-order valence-electron chi connectivity index (χ4n) is 10.6. The highest BCUT2D eigenvalue weighted by atomic mass is 32.1. The molecule has 0 atom stereocenters. The highest BCUT2D eigenvalue weighted by Crippen LogP contribution is 2.58. The first kappa shape index (κ1) is 43.7. The molecule has 1 heterocycles. The van der Waals surface area contributed by atoms with Crippen LogP contribution in [-0.4, -0.2) is 11.1 Å². The third-order valence-corrected chi connectivity index (χ3v) is 14.9. The van der Waals surface area contributed by atoms with E-state index >= 15 is 0 Å². The lowest BCUT2D eigenvalue weighted by molar-refractivity contribution is -0.132. The summed E-state index contributed by atoms with van der Waals surface area (Å²) in [5.41, 5.74) is 15.7. The molecule has 63 heavy (non-hydrogen) atoms. The van der Waals surface area contributed by atoms with Gasteiger partial charge in [0.2, 0.25) is 0 Å². The number of thiophene rings is 1. The normalized spacial score (nSPS) is 14.2. The van der Waals surface area contributed by atoms with Gasteiger partial charge in [-0.2, -0.15) is 5.26 Å². The van der Waals surface area contributed by atoms with Gasteiger partial charge >= 0.3 is 5.97 Å². The van der Waals surface area contributed by atoms with Gasteiger partial charge < -0.3 is 10.0 Å². The lowest BCUT2D eigenvalue weighted by Crippen LogP contribution is -2.26. The number of benzene rings is 5. The van der Waals surface area contributed by atoms with E-state index in [2.05, 4.69) is 148 Å². The number of unbranched alkanes of at least 4 members (excludes halogenated alkanes) is 4. The van der Waals surface area contributed by atoms with E-state index in [0.29, 0.717) is 0 Å². The molecule has 2 aliphatic carbocycles. The number of rotatable bonds is 19. The SMILES string of the molecule is CCCCC1(CCCC)c2ccccc2-c2ccc(N(c3ccc(-c4ccc(/C=C/C=C(\C#N)C(=O)O)s4)cc3)c3ccc4c(c3)C(CCCC)(CCCC)c3ccccc3-4)cc21. The summed E-state index contributed by atoms with van der Waals surface area (Å²) >= 11 is 1.64. The van der Waals surface area contributed by atoms with Gasteiger partial charge in [-0.3, -0.25) is 0 Å². The summed E-state index contributed by atoms with van der Waals surface area (Å²) < 4.78 is 0. The van der Waals surface area contributed by atoms with E-state index < -0.39 is 5.97 Å². The highest BCUT2D eigenvalue weighted by molar-refractivity contribution is 7.16. The zero-order valence-electron chi connectivity index (χ0n) is 37.4. The Kier molecular flexibility index (Phi) is 13.3. The first-order valence-electron chi connectivity index (χ1n) is 23.3. The van der Waals surface area contributed by atoms with Gasteiger partial charge in [-0.15, -0.1) is 11.3 Å². The van der Waals surface area contributed by atoms with E-state index in [4.69, 9.17) is 5.26 Å². The summed E-state index contributed by atoms with van der Waals surface area (Å²) in [6.07, 6.45) is 18.9. The van der Waals surface area contributed by atoms with Crippen LogP contribution in [0.3, 0.4) is 0 Å². The van der Waals surface area contributed by atoms with Crippen molar-refractivity contribution < 1.29 is 9.90 Å². The molecule has 1 N–H and O–H groups in total. The van der Waals surface area contributed by atoms with Gasteiger partial charge in [0.15, 0.2) is 0 Å². The predicted octanol–water partition coefficient (Wildman–Crippen LogP) is 16.7. The van der Waals surface area contributed by atoms with Crippen molar-refractivity contribution in [3.63, 3.8) is 0 Å². The fraction of sp³-hybridized carbons (Fsp3) is 0.310. The number of hydrogen-bond acceptors (Lipinski definition) is 4. The molecule has 5 aromatic carbocycles. The van der Waals surface area contributed by atoms with Crippen LogP contribution in [-0.2, 0) is 15.6 Å². The van der Waals surface area contributed by atoms with Crippen LogP contribution < -0.4 is 4.90 Å². The van der Waals surface area contributed by atoms with Crippen molar-refractivity contribution in [2.45, 2.75) is 116 Å². The quantitative estimate of drug-likeness (QED) is 0.0501. The van der Waals surface area contributed by atoms with Gasteiger partial charge in [-0.05, 0) is 136 Å². The Balaban J connectivity index is 1.27. The monoisotopic (exact) mass is 848 g/mol. The Morgan fingerprint density at radius 2 is 1.06 bits per heavy atom. The minimum atomic E-state index is -1.22. The van der Waals surface area contributed by atoms with Gasteiger partial charge in [-0.25, -0.2) is 4.79 Å². The Labute approximate surface area is 379 Å². The lowest BCUT2D eigenvalue weighted by Gasteiger charge is -2.35. The summed E-state index contributed by atoms with van der Waals surface area (Å²) in [6.45, 7) is 9.29. The summed E-state index contributed by atoms with van der Waals surface area (Å²) in [7, 11) is 0. The second kappa shape index (κ2) is 19.2. The molecule has 0 bridgehead atoms. The van der Waals surface area contributed by atoms with Gasteiger partial charge in [0.05, 0.1) is 0 Å². The number of nitriles is 1. The van der Waals surface area contributed by atoms with E-state index in [-0.39, 0.29) is 16.4 Å². The van der Waals surface area contributed by atoms with Crippen LogP contribution in [0.15, 0.2) is 139 Å². The summed E-state index contributed by atoms with van der Waals surface area (Å²) in [4.78, 5) is 15.9. The standard InChI is InChI=1S/C58H60N2O2S/c1-5-9-34-57(35-10-6-2)51-22-15-13-20-47(51)49-31-28-44(38-53(49)57)60(43-26-24-41(25-27-43)55-33-30-46(63-55)19-17-18-42(40-59)56(61)62)45-29-32-50-48-21-14-16-23-52(48)58(36-11-7-3,37-12-8-4)54(50)39-45/h13-33,38-39H,5-12,34-37H2,1-4H3,(H,61,62)/b19-17+,42-18+. The molecule has 320 valence electrons. The molecule has 5 heteroatoms. The van der Waals surface area contributed by atoms with E-state index in [1.807, 2.05) is 12.1 Å². The molecule has 8 rings (SSSR count). The van der Waals surface area contributed by atoms with Crippen LogP contribution in [0.4, 0.5) is 17.1 Å². The molecular formula is C58H60N2O2S. The van der Waals surface area contributed by atoms with Crippen molar-refractivity contribution in [2.75, 3.05) is 4.90 Å². The Morgan fingerprint density at radius 3 is 1.52 bits per heavy atom. The van der Waals surface area contributed by atoms with E-state index in [1.165, 1.54) is 113 Å². The fourth-order valence-corrected chi connectivity index (χ4v) is 11.5. The molecule has 2 aliphatic rings. The predicted molar refractivity (Wildman–Crippen MR) is 265 cm³/mol. The topological polar surface area (TPSA) is 64.3 Å². The van der Waals surface area contributed by atoms with Gasteiger partial charge in [0.1, 0.15) is 11.6 Å². The second-order valence-electron chi connectivity index (χ2n) is 17.6. The number of carboxylic acid groups (broad SMARTS) is 1. The Hall–Kier alpha value is -5.96. The van der Waals surface area contributed by atoms with Crippen molar-refractivity contribution in [2.24, 2.45) is 0 Å². The van der Waals surface area contributed by atoms with Gasteiger partial charge in [0, 0.05) is 37.6 Å². The van der Waals surface area contributed by atoms with Crippen molar-refractivity contribution in [1.82, 2.24) is 0 Å². The molecule has 4 nitrogen and oxygen atoms in total. The maximum absolute atomic E-state index is 11.3. The Morgan fingerprint density at radius 1 is 0.603 bits per heavy atom. The summed E-state index contributed by atoms with van der Waals surface area (Å²) in [5, 5.41) is 18.4. The minimum absolute atomic E-state index is 0.0244. The van der Waals surface area contributed by atoms with Crippen molar-refractivity contribution >= 4 is 40.4 Å². The number of aliphatic carboxylic acids is 1. The van der Waals surface area contributed by atoms with Crippen molar-refractivity contribution in [3.8, 4) is 38.8 Å². The second-order valence-corrected chi connectivity index (χ2v) is 18.7. The number of carboxylic acids is 1. The number of carbonyl (C=O) groups is 1. The van der Waals surface area contributed by atoms with E-state index in [0.717, 1.165) is 46.7 Å². The third-order valence-electron chi connectivity index (χ3n) is 13.8. The molecule has 0 spiro atoms. The number of allylic oxidation sites excluding steroid dienone is 2. The molecule has 1 aromatic heterocycles. The van der Waals surface area contributed by atoms with Gasteiger partial charge in [-0.1, -0.05) is 158 Å². The number of nitrogens with zero attached hydrogens (tertiary/aromatic N) is 2. The molecule has 0 saturated heterocycles. The zero-order valence-corrected chi connectivity index (χ0v) is 38.2. The van der Waals surface area contributed by atoms with Crippen molar-refractivity contribution in [1.29, 1.82) is 5.26 Å². The highest BCUT2D eigenvalue weighted by Gasteiger charge is 2.44. The average Bonchev–Trinajstić information content (AvgIpc) is 3.98. The zero-order chi connectivity index (χ0) is 44.0. The first-order valence-corrected chi connectivity index (χ1v) is 24.1. The number of anilines is 3. The third kappa shape index (κ3) is 8.23. The molecule has 0 aliphatic heterocycles. The summed E-state index contributed by atoms with van der Waals surface area (Å²) in [5.74, 6) is -1.22. The molecule has 0 amide bonds. The molecule has 0 unspecified atom stereocenters. The number of fused-ring (bicyclic) bond motifs is 6. The molecular weight excluding hydrogens is 789 g/mol.